The number of fused-ring (bicyclic) bond motifs is 1. The average molecular weight is 368 g/mol. The van der Waals surface area contributed by atoms with E-state index in [-0.39, 0.29) is 10.6 Å². The second kappa shape index (κ2) is 6.32. The van der Waals surface area contributed by atoms with Crippen molar-refractivity contribution in [3.05, 3.63) is 11.0 Å². The van der Waals surface area contributed by atoms with Crippen LogP contribution in [-0.4, -0.2) is 60.3 Å². The molecule has 3 heterocycles. The van der Waals surface area contributed by atoms with E-state index in [1.165, 1.54) is 17.8 Å². The van der Waals surface area contributed by atoms with E-state index in [9.17, 15) is 14.6 Å². The Bertz CT molecular complexity index is 919. The Balaban J connectivity index is 2.18. The minimum Gasteiger partial charge on any atom is -0.391 e. The van der Waals surface area contributed by atoms with E-state index in [2.05, 4.69) is 26.8 Å². The predicted octanol–water partition coefficient (Wildman–Crippen LogP) is -0.619. The number of rotatable bonds is 2. The van der Waals surface area contributed by atoms with Crippen LogP contribution in [0.25, 0.3) is 11.2 Å². The molecule has 5 atom stereocenters. The van der Waals surface area contributed by atoms with Gasteiger partial charge in [-0.3, -0.25) is 4.57 Å². The summed E-state index contributed by atoms with van der Waals surface area (Å²) in [6, 6.07) is 0. The maximum atomic E-state index is 12.6. The van der Waals surface area contributed by atoms with E-state index in [1.54, 1.807) is 0 Å². The maximum absolute atomic E-state index is 12.6. The second-order valence-electron chi connectivity index (χ2n) is 5.78. The highest BCUT2D eigenvalue weighted by molar-refractivity contribution is 7.71. The number of hydrogen-bond donors (Lipinski definition) is 5. The number of nitrogen functional groups attached to an aromatic ring is 1. The molecule has 9 nitrogen and oxygen atoms in total. The Hall–Kier alpha value is -2.10. The summed E-state index contributed by atoms with van der Waals surface area (Å²) in [5.74, 6) is 4.78. The fraction of sp³-hybridized carbons (Fsp3) is 0.500. The van der Waals surface area contributed by atoms with Gasteiger partial charge in [0.15, 0.2) is 22.4 Å². The number of aromatic nitrogens is 4. The molecule has 1 aliphatic rings. The van der Waals surface area contributed by atoms with E-state index in [0.29, 0.717) is 11.2 Å². The number of imidazole rings is 1. The molecular weight excluding hydrogens is 351 g/mol. The lowest BCUT2D eigenvalue weighted by Crippen LogP contribution is -2.54. The molecule has 3 rings (SSSR count). The quantitative estimate of drug-likeness (QED) is 0.348. The maximum Gasteiger partial charge on any atom is 0.200 e. The molecule has 134 valence electrons. The number of nitrogens with one attached hydrogen (secondary N) is 1. The third kappa shape index (κ3) is 2.78. The third-order valence-corrected chi connectivity index (χ3v) is 4.34. The molecule has 7 N–H and O–H groups in total. The van der Waals surface area contributed by atoms with Crippen LogP contribution in [0.3, 0.4) is 0 Å². The van der Waals surface area contributed by atoms with E-state index in [4.69, 9.17) is 28.4 Å². The lowest BCUT2D eigenvalue weighted by Gasteiger charge is -2.28. The van der Waals surface area contributed by atoms with Gasteiger partial charge in [-0.1, -0.05) is 24.1 Å². The second-order valence-corrected chi connectivity index (χ2v) is 6.17. The molecule has 0 spiro atoms. The van der Waals surface area contributed by atoms with Gasteiger partial charge in [0, 0.05) is 0 Å². The summed E-state index contributed by atoms with van der Waals surface area (Å²) in [5, 5.41) is 20.4. The zero-order valence-electron chi connectivity index (χ0n) is 13.2. The number of halogens is 1. The summed E-state index contributed by atoms with van der Waals surface area (Å²) in [5.41, 5.74) is 11.0. The van der Waals surface area contributed by atoms with Crippen LogP contribution in [0.2, 0.25) is 0 Å². The zero-order chi connectivity index (χ0) is 18.4. The number of nitrogens with zero attached hydrogens (tertiary/aromatic N) is 3. The number of H-pyrrole nitrogens is 1. The summed E-state index contributed by atoms with van der Waals surface area (Å²) in [6.45, 7) is 0.502. The molecule has 11 heteroatoms. The van der Waals surface area contributed by atoms with Crippen LogP contribution in [0.4, 0.5) is 10.3 Å². The standard InChI is InChI=1S/C14H17FN6O3S/c1-6(22)8-9(23)14(17,3-2-4-15)12(24-8)21-5-18-7-10(21)19-13(16)20-11(7)25/h5-6,8-9,12,22-23H,4,17H2,1H3,(H3,16,19,20,25)/t6-,8-,9+,12-,14?/m1/s1. The number of ether oxygens (including phenoxy) is 1. The van der Waals surface area contributed by atoms with Gasteiger partial charge in [-0.2, -0.15) is 0 Å². The highest BCUT2D eigenvalue weighted by Gasteiger charge is 2.55. The van der Waals surface area contributed by atoms with Crippen molar-refractivity contribution in [2.75, 3.05) is 12.4 Å². The first-order chi connectivity index (χ1) is 11.8. The van der Waals surface area contributed by atoms with Crippen molar-refractivity contribution >= 4 is 29.3 Å². The highest BCUT2D eigenvalue weighted by Crippen LogP contribution is 2.39. The third-order valence-electron chi connectivity index (χ3n) is 4.06. The molecule has 1 unspecified atom stereocenters. The largest absolute Gasteiger partial charge is 0.391 e. The number of nitrogens with two attached hydrogens (primary N) is 2. The fourth-order valence-electron chi connectivity index (χ4n) is 2.88. The summed E-state index contributed by atoms with van der Waals surface area (Å²) in [7, 11) is 0. The summed E-state index contributed by atoms with van der Waals surface area (Å²) < 4.78 is 19.9. The smallest absolute Gasteiger partial charge is 0.200 e. The van der Waals surface area contributed by atoms with E-state index >= 15 is 0 Å². The molecule has 1 fully saturated rings. The molecule has 2 aromatic heterocycles. The number of aliphatic hydroxyl groups is 2. The Kier molecular flexibility index (Phi) is 4.48. The molecule has 0 radical (unpaired) electrons. The Morgan fingerprint density at radius 1 is 1.64 bits per heavy atom. The average Bonchev–Trinajstić information content (AvgIpc) is 3.06. The number of alkyl halides is 1. The van der Waals surface area contributed by atoms with Gasteiger partial charge >= 0.3 is 0 Å². The summed E-state index contributed by atoms with van der Waals surface area (Å²) >= 11 is 5.12. The van der Waals surface area contributed by atoms with Crippen molar-refractivity contribution < 1.29 is 19.3 Å². The van der Waals surface area contributed by atoms with Gasteiger partial charge in [-0.05, 0) is 6.92 Å². The van der Waals surface area contributed by atoms with E-state index < -0.39 is 36.8 Å². The molecule has 1 aliphatic heterocycles. The minimum absolute atomic E-state index is 0.0577. The van der Waals surface area contributed by atoms with Crippen LogP contribution in [-0.2, 0) is 4.74 Å². The fourth-order valence-corrected chi connectivity index (χ4v) is 3.13. The predicted molar refractivity (Wildman–Crippen MR) is 89.4 cm³/mol. The van der Waals surface area contributed by atoms with E-state index in [1.807, 2.05) is 0 Å². The topological polar surface area (TPSA) is 148 Å². The number of anilines is 1. The van der Waals surface area contributed by atoms with Gasteiger partial charge < -0.3 is 31.4 Å². The van der Waals surface area contributed by atoms with E-state index in [0.717, 1.165) is 0 Å². The molecular formula is C14H17FN6O3S. The van der Waals surface area contributed by atoms with Crippen molar-refractivity contribution in [1.82, 2.24) is 19.5 Å². The molecule has 25 heavy (non-hydrogen) atoms. The van der Waals surface area contributed by atoms with Crippen molar-refractivity contribution in [3.63, 3.8) is 0 Å². The van der Waals surface area contributed by atoms with Crippen molar-refractivity contribution in [2.45, 2.75) is 37.0 Å². The van der Waals surface area contributed by atoms with Gasteiger partial charge in [0.2, 0.25) is 0 Å². The Labute approximate surface area is 146 Å². The minimum atomic E-state index is -1.69. The number of aromatic amines is 1. The van der Waals surface area contributed by atoms with Gasteiger partial charge in [0.1, 0.15) is 30.0 Å². The highest BCUT2D eigenvalue weighted by atomic mass is 32.1. The molecule has 1 saturated heterocycles. The number of hydrogen-bond acceptors (Lipinski definition) is 8. The van der Waals surface area contributed by atoms with Gasteiger partial charge in [-0.15, -0.1) is 0 Å². The lowest BCUT2D eigenvalue weighted by atomic mass is 9.90. The lowest BCUT2D eigenvalue weighted by molar-refractivity contribution is -0.0756. The number of aliphatic hydroxyl groups excluding tert-OH is 2. The van der Waals surface area contributed by atoms with Crippen LogP contribution >= 0.6 is 12.2 Å². The molecule has 0 bridgehead atoms. The normalized spacial score (nSPS) is 30.2. The van der Waals surface area contributed by atoms with Crippen molar-refractivity contribution in [1.29, 1.82) is 0 Å². The molecule has 0 aromatic carbocycles. The SMILES string of the molecule is C[C@@H](O)[C@H]1O[C@@H](n2cnc3c(=S)nc(N)[nH]c32)C(N)(C#CCF)[C@H]1O. The monoisotopic (exact) mass is 368 g/mol. The summed E-state index contributed by atoms with van der Waals surface area (Å²) in [6.07, 6.45) is -3.12. The van der Waals surface area contributed by atoms with Crippen LogP contribution in [0, 0.1) is 16.5 Å². The van der Waals surface area contributed by atoms with Crippen molar-refractivity contribution in [3.8, 4) is 11.8 Å². The van der Waals surface area contributed by atoms with Gasteiger partial charge in [-0.25, -0.2) is 14.4 Å². The first-order valence-electron chi connectivity index (χ1n) is 7.38. The van der Waals surface area contributed by atoms with Crippen LogP contribution < -0.4 is 11.5 Å². The van der Waals surface area contributed by atoms with Gasteiger partial charge in [0.25, 0.3) is 0 Å². The summed E-state index contributed by atoms with van der Waals surface area (Å²) in [4.78, 5) is 10.9. The first kappa shape index (κ1) is 17.7. The molecule has 0 amide bonds. The molecule has 2 aromatic rings. The first-order valence-corrected chi connectivity index (χ1v) is 7.79. The zero-order valence-corrected chi connectivity index (χ0v) is 14.0. The Morgan fingerprint density at radius 2 is 2.36 bits per heavy atom. The van der Waals surface area contributed by atoms with Crippen molar-refractivity contribution in [2.24, 2.45) is 5.73 Å². The Morgan fingerprint density at radius 3 is 3.00 bits per heavy atom. The van der Waals surface area contributed by atoms with Crippen LogP contribution in [0.1, 0.15) is 13.2 Å². The molecule has 0 saturated carbocycles. The van der Waals surface area contributed by atoms with Gasteiger partial charge in [0.05, 0.1) is 12.4 Å². The van der Waals surface area contributed by atoms with Crippen LogP contribution in [0.15, 0.2) is 6.33 Å². The van der Waals surface area contributed by atoms with Crippen LogP contribution in [0.5, 0.6) is 0 Å². The molecule has 0 aliphatic carbocycles.